The number of rotatable bonds is 6. The van der Waals surface area contributed by atoms with E-state index < -0.39 is 9.84 Å². The van der Waals surface area contributed by atoms with Crippen molar-refractivity contribution < 1.29 is 30.0 Å². The van der Waals surface area contributed by atoms with Gasteiger partial charge in [-0.15, -0.1) is 0 Å². The molecule has 0 saturated heterocycles. The van der Waals surface area contributed by atoms with E-state index in [-0.39, 0.29) is 26.9 Å². The van der Waals surface area contributed by atoms with E-state index in [0.717, 1.165) is 25.8 Å². The molecule has 0 aliphatic carbocycles. The van der Waals surface area contributed by atoms with Crippen LogP contribution >= 0.6 is 45.2 Å². The first kappa shape index (κ1) is 39.5. The van der Waals surface area contributed by atoms with Gasteiger partial charge in [0.2, 0.25) is 9.84 Å². The minimum absolute atomic E-state index is 0. The minimum Gasteiger partial charge on any atom is -1.00 e. The molecule has 49 heavy (non-hydrogen) atoms. The standard InChI is InChI=1S/C20H16IN2.C11H9NO2S.C8H6IN.BrH/c1-22-18-11-10-17(20(21)14-18)13-19-9-5-6-12-23(19)15-16-7-3-2-4-8-16;13-15(14,10-6-2-1-3-7-10)11-8-4-5-9-12-11;1-6-3-4-7(10-2)5-8(6)9;/h2-12,14H,13,15H2;1-9H;3-5H,1H3;1H/q+1;;;/p-1. The molecule has 6 aromatic rings. The number of nitrogens with zero attached hydrogens (tertiary/aromatic N) is 4. The average molecular weight is 953 g/mol. The molecule has 0 spiro atoms. The van der Waals surface area contributed by atoms with Crippen molar-refractivity contribution in [1.82, 2.24) is 4.98 Å². The second-order valence-corrected chi connectivity index (χ2v) is 14.6. The van der Waals surface area contributed by atoms with Crippen LogP contribution in [0.15, 0.2) is 156 Å². The molecule has 0 aliphatic rings. The van der Waals surface area contributed by atoms with Crippen LogP contribution in [0.2, 0.25) is 0 Å². The van der Waals surface area contributed by atoms with Gasteiger partial charge < -0.3 is 17.0 Å². The number of pyridine rings is 2. The molecule has 4 aromatic carbocycles. The van der Waals surface area contributed by atoms with Crippen molar-refractivity contribution in [2.45, 2.75) is 29.8 Å². The summed E-state index contributed by atoms with van der Waals surface area (Å²) in [6, 6.07) is 41.5. The minimum atomic E-state index is -3.45. The molecule has 0 unspecified atom stereocenters. The SMILES string of the molecule is O=S(=O)(c1ccccc1)c1ccccn1.[Br-].[C-]#[N+]c1ccc(C)c(I)c1.[C-]#[N+]c1ccc(Cc2cccc[n+]2Cc2ccccc2)c(I)c1. The summed E-state index contributed by atoms with van der Waals surface area (Å²) < 4.78 is 28.5. The van der Waals surface area contributed by atoms with Gasteiger partial charge >= 0.3 is 0 Å². The molecule has 10 heteroatoms. The van der Waals surface area contributed by atoms with E-state index in [9.17, 15) is 8.42 Å². The summed E-state index contributed by atoms with van der Waals surface area (Å²) in [4.78, 5) is 10.9. The van der Waals surface area contributed by atoms with E-state index in [1.54, 1.807) is 42.5 Å². The Bertz CT molecular complexity index is 2110. The zero-order valence-electron chi connectivity index (χ0n) is 26.4. The molecule has 246 valence electrons. The Morgan fingerprint density at radius 1 is 0.714 bits per heavy atom. The van der Waals surface area contributed by atoms with Gasteiger partial charge in [-0.05, 0) is 99.6 Å². The highest BCUT2D eigenvalue weighted by Gasteiger charge is 2.17. The molecule has 0 N–H and O–H groups in total. The van der Waals surface area contributed by atoms with Crippen LogP contribution in [0.4, 0.5) is 11.4 Å². The Kier molecular flexibility index (Phi) is 16.0. The second-order valence-electron chi connectivity index (χ2n) is 10.4. The van der Waals surface area contributed by atoms with Crippen LogP contribution in [0, 0.1) is 27.2 Å². The van der Waals surface area contributed by atoms with Gasteiger partial charge in [0.1, 0.15) is 0 Å². The van der Waals surface area contributed by atoms with E-state index in [1.165, 1.54) is 34.6 Å². The number of aryl methyl sites for hydroxylation is 1. The lowest BCUT2D eigenvalue weighted by atomic mass is 10.1. The first-order valence-electron chi connectivity index (χ1n) is 14.7. The first-order valence-corrected chi connectivity index (χ1v) is 18.4. The maximum Gasteiger partial charge on any atom is 0.223 e. The molecule has 2 heterocycles. The number of hydrogen-bond acceptors (Lipinski definition) is 3. The third kappa shape index (κ3) is 11.9. The monoisotopic (exact) mass is 952 g/mol. The van der Waals surface area contributed by atoms with Gasteiger partial charge in [-0.25, -0.2) is 23.1 Å². The third-order valence-electron chi connectivity index (χ3n) is 7.02. The van der Waals surface area contributed by atoms with E-state index in [4.69, 9.17) is 13.1 Å². The molecule has 0 fully saturated rings. The van der Waals surface area contributed by atoms with Gasteiger partial charge in [0.15, 0.2) is 34.8 Å². The largest absolute Gasteiger partial charge is 1.00 e. The number of aromatic nitrogens is 2. The average Bonchev–Trinajstić information content (AvgIpc) is 3.13. The smallest absolute Gasteiger partial charge is 0.223 e. The quantitative estimate of drug-likeness (QED) is 0.105. The zero-order chi connectivity index (χ0) is 34.4. The number of sulfone groups is 1. The summed E-state index contributed by atoms with van der Waals surface area (Å²) in [5.41, 5.74) is 6.46. The van der Waals surface area contributed by atoms with Crippen molar-refractivity contribution in [3.8, 4) is 0 Å². The fourth-order valence-corrected chi connectivity index (χ4v) is 6.83. The highest BCUT2D eigenvalue weighted by Crippen LogP contribution is 2.22. The lowest BCUT2D eigenvalue weighted by Crippen LogP contribution is -3.00. The highest BCUT2D eigenvalue weighted by atomic mass is 127. The van der Waals surface area contributed by atoms with Gasteiger partial charge in [-0.3, -0.25) is 0 Å². The summed E-state index contributed by atoms with van der Waals surface area (Å²) in [6.45, 7) is 16.7. The molecule has 6 nitrogen and oxygen atoms in total. The van der Waals surface area contributed by atoms with Crippen LogP contribution in [0.3, 0.4) is 0 Å². The van der Waals surface area contributed by atoms with Gasteiger partial charge in [-0.1, -0.05) is 84.9 Å². The van der Waals surface area contributed by atoms with Crippen molar-refractivity contribution in [1.29, 1.82) is 0 Å². The number of hydrogen-bond donors (Lipinski definition) is 0. The van der Waals surface area contributed by atoms with Crippen molar-refractivity contribution >= 4 is 66.4 Å². The topological polar surface area (TPSA) is 59.6 Å². The van der Waals surface area contributed by atoms with E-state index in [2.05, 4.69) is 119 Å². The Morgan fingerprint density at radius 2 is 1.31 bits per heavy atom. The van der Waals surface area contributed by atoms with Crippen molar-refractivity contribution in [3.05, 3.63) is 198 Å². The lowest BCUT2D eigenvalue weighted by Gasteiger charge is -2.07. The van der Waals surface area contributed by atoms with Gasteiger partial charge in [0, 0.05) is 31.0 Å². The first-order chi connectivity index (χ1) is 23.2. The number of benzene rings is 4. The molecular formula is C39H31BrI2N4O2S. The Hall–Kier alpha value is -3.95. The highest BCUT2D eigenvalue weighted by molar-refractivity contribution is 14.1. The van der Waals surface area contributed by atoms with Crippen LogP contribution in [-0.4, -0.2) is 13.4 Å². The Morgan fingerprint density at radius 3 is 1.90 bits per heavy atom. The molecule has 0 bridgehead atoms. The van der Waals surface area contributed by atoms with Gasteiger partial charge in [0.25, 0.3) is 0 Å². The lowest BCUT2D eigenvalue weighted by molar-refractivity contribution is -0.695. The maximum absolute atomic E-state index is 12.0. The fourth-order valence-electron chi connectivity index (χ4n) is 4.43. The Labute approximate surface area is 326 Å². The van der Waals surface area contributed by atoms with Gasteiger partial charge in [0.05, 0.1) is 24.5 Å². The van der Waals surface area contributed by atoms with Crippen LogP contribution in [0.25, 0.3) is 9.69 Å². The summed E-state index contributed by atoms with van der Waals surface area (Å²) in [5, 5.41) is 0.0798. The molecule has 0 radical (unpaired) electrons. The van der Waals surface area contributed by atoms with Crippen LogP contribution in [0.1, 0.15) is 22.4 Å². The molecule has 0 aliphatic heterocycles. The van der Waals surface area contributed by atoms with Crippen LogP contribution < -0.4 is 21.5 Å². The predicted molar refractivity (Wildman–Crippen MR) is 207 cm³/mol. The maximum atomic E-state index is 12.0. The molecule has 6 rings (SSSR count). The van der Waals surface area contributed by atoms with Crippen molar-refractivity contribution in [3.63, 3.8) is 0 Å². The molecule has 0 atom stereocenters. The fraction of sp³-hybridized carbons (Fsp3) is 0.0769. The van der Waals surface area contributed by atoms with E-state index in [0.29, 0.717) is 5.69 Å². The predicted octanol–water partition coefficient (Wildman–Crippen LogP) is 6.84. The van der Waals surface area contributed by atoms with Gasteiger partial charge in [-0.2, -0.15) is 4.57 Å². The Balaban J connectivity index is 0.000000215. The van der Waals surface area contributed by atoms with E-state index >= 15 is 0 Å². The van der Waals surface area contributed by atoms with Crippen molar-refractivity contribution in [2.75, 3.05) is 0 Å². The number of halogens is 3. The second kappa shape index (κ2) is 19.9. The summed E-state index contributed by atoms with van der Waals surface area (Å²) in [5.74, 6) is 0. The summed E-state index contributed by atoms with van der Waals surface area (Å²) in [6.07, 6.45) is 4.46. The van der Waals surface area contributed by atoms with E-state index in [1.807, 2.05) is 43.3 Å². The molecule has 2 aromatic heterocycles. The summed E-state index contributed by atoms with van der Waals surface area (Å²) >= 11 is 4.55. The summed E-state index contributed by atoms with van der Waals surface area (Å²) in [7, 11) is -3.45. The van der Waals surface area contributed by atoms with Crippen LogP contribution in [-0.2, 0) is 22.8 Å². The molecular weight excluding hydrogens is 922 g/mol. The molecule has 0 amide bonds. The van der Waals surface area contributed by atoms with Crippen molar-refractivity contribution in [2.24, 2.45) is 0 Å². The molecule has 0 saturated carbocycles. The zero-order valence-corrected chi connectivity index (χ0v) is 33.1. The normalized spacial score (nSPS) is 10.1. The van der Waals surface area contributed by atoms with Crippen LogP contribution in [0.5, 0.6) is 0 Å². The third-order valence-corrected chi connectivity index (χ3v) is 10.9.